The summed E-state index contributed by atoms with van der Waals surface area (Å²) in [5.41, 5.74) is 0.662. The van der Waals surface area contributed by atoms with Gasteiger partial charge < -0.3 is 15.3 Å². The van der Waals surface area contributed by atoms with Gasteiger partial charge in [-0.05, 0) is 40.0 Å². The maximum Gasteiger partial charge on any atom is 0.133 e. The van der Waals surface area contributed by atoms with Crippen LogP contribution >= 0.6 is 15.9 Å². The van der Waals surface area contributed by atoms with E-state index < -0.39 is 0 Å². The first-order chi connectivity index (χ1) is 8.16. The summed E-state index contributed by atoms with van der Waals surface area (Å²) in [6.45, 7) is 4.87. The monoisotopic (exact) mass is 302 g/mol. The number of hydrogen-bond acceptors (Lipinski definition) is 3. The Hall–Kier alpha value is -0.650. The second-order valence-corrected chi connectivity index (χ2v) is 5.09. The van der Waals surface area contributed by atoms with Gasteiger partial charge in [0.25, 0.3) is 0 Å². The topological polar surface area (TPSA) is 35.5 Å². The van der Waals surface area contributed by atoms with E-state index in [1.807, 2.05) is 0 Å². The molecule has 1 aliphatic heterocycles. The Kier molecular flexibility index (Phi) is 4.36. The van der Waals surface area contributed by atoms with Crippen LogP contribution in [0.2, 0.25) is 0 Å². The molecule has 3 nitrogen and oxygen atoms in total. The van der Waals surface area contributed by atoms with Crippen LogP contribution in [0.1, 0.15) is 5.56 Å². The van der Waals surface area contributed by atoms with Crippen molar-refractivity contribution in [3.63, 3.8) is 0 Å². The smallest absolute Gasteiger partial charge is 0.133 e. The van der Waals surface area contributed by atoms with Gasteiger partial charge in [-0.15, -0.1) is 0 Å². The highest BCUT2D eigenvalue weighted by atomic mass is 79.9. The van der Waals surface area contributed by atoms with Crippen LogP contribution in [0.15, 0.2) is 16.6 Å². The van der Waals surface area contributed by atoms with Crippen molar-refractivity contribution >= 4 is 15.9 Å². The number of phenolic OH excluding ortho intramolecular Hbond substituents is 1. The Morgan fingerprint density at radius 1 is 1.35 bits per heavy atom. The van der Waals surface area contributed by atoms with Gasteiger partial charge in [0, 0.05) is 32.7 Å². The fourth-order valence-electron chi connectivity index (χ4n) is 2.02. The summed E-state index contributed by atoms with van der Waals surface area (Å²) in [4.78, 5) is 2.31. The van der Waals surface area contributed by atoms with Crippen LogP contribution in [0.4, 0.5) is 4.39 Å². The normalized spacial score (nSPS) is 17.3. The van der Waals surface area contributed by atoms with Gasteiger partial charge in [0.1, 0.15) is 11.6 Å². The molecule has 0 saturated carbocycles. The summed E-state index contributed by atoms with van der Waals surface area (Å²) in [6, 6.07) is 2.69. The highest BCUT2D eigenvalue weighted by molar-refractivity contribution is 9.10. The molecule has 2 N–H and O–H groups in total. The molecule has 2 rings (SSSR count). The molecule has 5 heteroatoms. The van der Waals surface area contributed by atoms with E-state index in [2.05, 4.69) is 26.1 Å². The van der Waals surface area contributed by atoms with Gasteiger partial charge in [0.15, 0.2) is 0 Å². The number of rotatable bonds is 3. The number of nitrogens with zero attached hydrogens (tertiary/aromatic N) is 1. The lowest BCUT2D eigenvalue weighted by atomic mass is 10.1. The molecule has 0 aliphatic carbocycles. The van der Waals surface area contributed by atoms with E-state index in [0.29, 0.717) is 16.5 Å². The Morgan fingerprint density at radius 3 is 2.76 bits per heavy atom. The molecule has 0 radical (unpaired) electrons. The SMILES string of the molecule is Oc1c(Br)cc(F)cc1CCN1CCNCC1. The third kappa shape index (κ3) is 3.40. The number of piperazine rings is 1. The lowest BCUT2D eigenvalue weighted by Crippen LogP contribution is -2.44. The number of benzene rings is 1. The molecule has 1 aromatic carbocycles. The third-order valence-corrected chi connectivity index (χ3v) is 3.62. The van der Waals surface area contributed by atoms with Crippen LogP contribution in [-0.4, -0.2) is 42.7 Å². The first-order valence-electron chi connectivity index (χ1n) is 5.77. The number of aromatic hydroxyl groups is 1. The number of hydrogen-bond donors (Lipinski definition) is 2. The van der Waals surface area contributed by atoms with E-state index in [4.69, 9.17) is 0 Å². The van der Waals surface area contributed by atoms with Crippen molar-refractivity contribution in [2.45, 2.75) is 6.42 Å². The molecule has 1 aromatic rings. The Balaban J connectivity index is 1.98. The molecular formula is C12H16BrFN2O. The molecule has 17 heavy (non-hydrogen) atoms. The second kappa shape index (κ2) is 5.80. The van der Waals surface area contributed by atoms with Crippen molar-refractivity contribution in [3.8, 4) is 5.75 Å². The van der Waals surface area contributed by atoms with E-state index in [1.54, 1.807) is 0 Å². The zero-order valence-electron chi connectivity index (χ0n) is 9.55. The molecule has 0 spiro atoms. The van der Waals surface area contributed by atoms with Gasteiger partial charge in [0.05, 0.1) is 4.47 Å². The molecule has 0 unspecified atom stereocenters. The quantitative estimate of drug-likeness (QED) is 0.893. The fraction of sp³-hybridized carbons (Fsp3) is 0.500. The van der Waals surface area contributed by atoms with Crippen LogP contribution in [0.3, 0.4) is 0 Å². The number of phenols is 1. The summed E-state index contributed by atoms with van der Waals surface area (Å²) in [7, 11) is 0. The molecule has 1 fully saturated rings. The van der Waals surface area contributed by atoms with Crippen LogP contribution in [0.5, 0.6) is 5.75 Å². The molecular weight excluding hydrogens is 287 g/mol. The molecule has 1 saturated heterocycles. The molecule has 0 aromatic heterocycles. The highest BCUT2D eigenvalue weighted by Gasteiger charge is 2.12. The lowest BCUT2D eigenvalue weighted by Gasteiger charge is -2.27. The maximum absolute atomic E-state index is 13.2. The van der Waals surface area contributed by atoms with Crippen LogP contribution in [-0.2, 0) is 6.42 Å². The number of nitrogens with one attached hydrogen (secondary N) is 1. The van der Waals surface area contributed by atoms with E-state index in [9.17, 15) is 9.50 Å². The van der Waals surface area contributed by atoms with E-state index in [0.717, 1.165) is 32.7 Å². The number of halogens is 2. The van der Waals surface area contributed by atoms with Gasteiger partial charge >= 0.3 is 0 Å². The fourth-order valence-corrected chi connectivity index (χ4v) is 2.50. The van der Waals surface area contributed by atoms with Crippen LogP contribution in [0.25, 0.3) is 0 Å². The van der Waals surface area contributed by atoms with Gasteiger partial charge in [-0.1, -0.05) is 0 Å². The summed E-state index contributed by atoms with van der Waals surface area (Å²) >= 11 is 3.15. The summed E-state index contributed by atoms with van der Waals surface area (Å²) in [5, 5.41) is 13.1. The van der Waals surface area contributed by atoms with Gasteiger partial charge in [-0.3, -0.25) is 0 Å². The van der Waals surface area contributed by atoms with Crippen LogP contribution in [0, 0.1) is 5.82 Å². The Bertz CT molecular complexity index is 394. The van der Waals surface area contributed by atoms with E-state index in [-0.39, 0.29) is 11.6 Å². The average Bonchev–Trinajstić information content (AvgIpc) is 2.33. The second-order valence-electron chi connectivity index (χ2n) is 4.24. The van der Waals surface area contributed by atoms with Gasteiger partial charge in [-0.25, -0.2) is 4.39 Å². The predicted octanol–water partition coefficient (Wildman–Crippen LogP) is 1.74. The molecule has 1 heterocycles. The standard InChI is InChI=1S/C12H16BrFN2O/c13-11-8-10(14)7-9(12(11)17)1-4-16-5-2-15-3-6-16/h7-8,15,17H,1-6H2. The third-order valence-electron chi connectivity index (χ3n) is 3.01. The van der Waals surface area contributed by atoms with Crippen molar-refractivity contribution in [3.05, 3.63) is 28.0 Å². The minimum atomic E-state index is -0.315. The average molecular weight is 303 g/mol. The van der Waals surface area contributed by atoms with E-state index >= 15 is 0 Å². The van der Waals surface area contributed by atoms with Crippen molar-refractivity contribution in [2.24, 2.45) is 0 Å². The predicted molar refractivity (Wildman–Crippen MR) is 68.8 cm³/mol. The summed E-state index contributed by atoms with van der Waals surface area (Å²) < 4.78 is 13.6. The molecule has 1 aliphatic rings. The molecule has 0 bridgehead atoms. The van der Waals surface area contributed by atoms with Crippen molar-refractivity contribution in [1.82, 2.24) is 10.2 Å². The van der Waals surface area contributed by atoms with Crippen molar-refractivity contribution < 1.29 is 9.50 Å². The van der Waals surface area contributed by atoms with Crippen molar-refractivity contribution in [2.75, 3.05) is 32.7 Å². The van der Waals surface area contributed by atoms with E-state index in [1.165, 1.54) is 12.1 Å². The van der Waals surface area contributed by atoms with Crippen LogP contribution < -0.4 is 5.32 Å². The Labute approximate surface area is 109 Å². The molecule has 0 amide bonds. The van der Waals surface area contributed by atoms with Gasteiger partial charge in [0.2, 0.25) is 0 Å². The first-order valence-corrected chi connectivity index (χ1v) is 6.56. The Morgan fingerprint density at radius 2 is 2.06 bits per heavy atom. The summed E-state index contributed by atoms with van der Waals surface area (Å²) in [5.74, 6) is -0.161. The zero-order chi connectivity index (χ0) is 12.3. The lowest BCUT2D eigenvalue weighted by molar-refractivity contribution is 0.243. The zero-order valence-corrected chi connectivity index (χ0v) is 11.1. The molecule has 94 valence electrons. The largest absolute Gasteiger partial charge is 0.506 e. The maximum atomic E-state index is 13.2. The molecule has 0 atom stereocenters. The summed E-state index contributed by atoms with van der Waals surface area (Å²) in [6.07, 6.45) is 0.669. The highest BCUT2D eigenvalue weighted by Crippen LogP contribution is 2.29. The van der Waals surface area contributed by atoms with Crippen molar-refractivity contribution in [1.29, 1.82) is 0 Å². The minimum Gasteiger partial charge on any atom is -0.506 e. The minimum absolute atomic E-state index is 0.154. The first kappa shape index (κ1) is 12.8. The van der Waals surface area contributed by atoms with Gasteiger partial charge in [-0.2, -0.15) is 0 Å².